The number of aryl methyl sites for hydroxylation is 1. The number of halogens is 2. The van der Waals surface area contributed by atoms with Crippen molar-refractivity contribution in [2.75, 3.05) is 0 Å². The highest BCUT2D eigenvalue weighted by Gasteiger charge is 2.29. The Morgan fingerprint density at radius 1 is 1.29 bits per heavy atom. The number of hydrogen-bond acceptors (Lipinski definition) is 2. The molecule has 2 aromatic carbocycles. The highest BCUT2D eigenvalue weighted by Crippen LogP contribution is 2.36. The van der Waals surface area contributed by atoms with Gasteiger partial charge < -0.3 is 0 Å². The van der Waals surface area contributed by atoms with Crippen LogP contribution in [0.4, 0.5) is 4.39 Å². The summed E-state index contributed by atoms with van der Waals surface area (Å²) in [5.41, 5.74) is 6.42. The minimum Gasteiger partial charge on any atom is -0.271 e. The molecule has 1 aliphatic carbocycles. The van der Waals surface area contributed by atoms with Crippen molar-refractivity contribution in [2.24, 2.45) is 5.84 Å². The summed E-state index contributed by atoms with van der Waals surface area (Å²) in [5, 5.41) is 0.586. The third-order valence-corrected chi connectivity index (χ3v) is 4.70. The van der Waals surface area contributed by atoms with Crippen LogP contribution in [0.2, 0.25) is 5.02 Å². The molecule has 3 rings (SSSR count). The number of rotatable bonds is 4. The zero-order chi connectivity index (χ0) is 14.8. The first kappa shape index (κ1) is 14.5. The molecule has 0 amide bonds. The molecule has 0 aromatic heterocycles. The van der Waals surface area contributed by atoms with Gasteiger partial charge in [-0.05, 0) is 54.2 Å². The lowest BCUT2D eigenvalue weighted by molar-refractivity contribution is 0.434. The number of hydrazine groups is 1. The van der Waals surface area contributed by atoms with Gasteiger partial charge in [-0.15, -0.1) is 0 Å². The lowest BCUT2D eigenvalue weighted by Gasteiger charge is -2.24. The third-order valence-electron chi connectivity index (χ3n) is 4.33. The maximum Gasteiger partial charge on any atom is 0.123 e. The molecule has 2 aromatic rings. The van der Waals surface area contributed by atoms with Crippen LogP contribution in [0.1, 0.15) is 29.0 Å². The molecule has 0 saturated heterocycles. The van der Waals surface area contributed by atoms with Gasteiger partial charge in [0.1, 0.15) is 5.82 Å². The quantitative estimate of drug-likeness (QED) is 0.669. The van der Waals surface area contributed by atoms with Gasteiger partial charge in [-0.1, -0.05) is 35.9 Å². The van der Waals surface area contributed by atoms with Gasteiger partial charge in [-0.3, -0.25) is 11.3 Å². The van der Waals surface area contributed by atoms with Crippen molar-refractivity contribution in [3.63, 3.8) is 0 Å². The van der Waals surface area contributed by atoms with Crippen molar-refractivity contribution in [3.05, 3.63) is 70.0 Å². The molecular formula is C17H18ClFN2. The predicted octanol–water partition coefficient (Wildman–Crippen LogP) is 3.58. The topological polar surface area (TPSA) is 38.0 Å². The van der Waals surface area contributed by atoms with Crippen molar-refractivity contribution in [1.29, 1.82) is 0 Å². The molecule has 0 fully saturated rings. The van der Waals surface area contributed by atoms with Gasteiger partial charge in [0, 0.05) is 17.0 Å². The molecule has 2 atom stereocenters. The third kappa shape index (κ3) is 2.95. The minimum absolute atomic E-state index is 0.0490. The molecule has 1 aliphatic rings. The Morgan fingerprint density at radius 2 is 2.10 bits per heavy atom. The minimum atomic E-state index is -0.267. The standard InChI is InChI=1S/C17H18ClFN2/c18-16-8-6-13(19)9-12(16)10-17(21-20)15-7-5-11-3-1-2-4-14(11)15/h1-4,6,8-9,15,17,21H,5,7,10,20H2. The van der Waals surface area contributed by atoms with Crippen molar-refractivity contribution < 1.29 is 4.39 Å². The van der Waals surface area contributed by atoms with Crippen LogP contribution in [0.15, 0.2) is 42.5 Å². The Bertz CT molecular complexity index is 644. The Kier molecular flexibility index (Phi) is 4.24. The molecule has 0 radical (unpaired) electrons. The van der Waals surface area contributed by atoms with Gasteiger partial charge in [0.15, 0.2) is 0 Å². The lowest BCUT2D eigenvalue weighted by atomic mass is 9.89. The second-order valence-corrected chi connectivity index (χ2v) is 5.96. The zero-order valence-corrected chi connectivity index (χ0v) is 12.4. The van der Waals surface area contributed by atoms with Crippen LogP contribution in [0.25, 0.3) is 0 Å². The van der Waals surface area contributed by atoms with E-state index in [1.54, 1.807) is 6.07 Å². The second kappa shape index (κ2) is 6.14. The van der Waals surface area contributed by atoms with E-state index in [4.69, 9.17) is 17.4 Å². The fourth-order valence-corrected chi connectivity index (χ4v) is 3.46. The predicted molar refractivity (Wildman–Crippen MR) is 83.7 cm³/mol. The van der Waals surface area contributed by atoms with Gasteiger partial charge >= 0.3 is 0 Å². The molecule has 0 saturated carbocycles. The second-order valence-electron chi connectivity index (χ2n) is 5.56. The number of fused-ring (bicyclic) bond motifs is 1. The number of benzene rings is 2. The van der Waals surface area contributed by atoms with Gasteiger partial charge in [0.25, 0.3) is 0 Å². The van der Waals surface area contributed by atoms with Gasteiger partial charge in [0.2, 0.25) is 0 Å². The van der Waals surface area contributed by atoms with E-state index >= 15 is 0 Å². The van der Waals surface area contributed by atoms with Crippen LogP contribution < -0.4 is 11.3 Å². The van der Waals surface area contributed by atoms with Crippen LogP contribution in [0.3, 0.4) is 0 Å². The first-order valence-corrected chi connectivity index (χ1v) is 7.54. The molecule has 3 N–H and O–H groups in total. The van der Waals surface area contributed by atoms with E-state index in [1.807, 2.05) is 0 Å². The summed E-state index contributed by atoms with van der Waals surface area (Å²) in [6.07, 6.45) is 2.74. The van der Waals surface area contributed by atoms with Crippen LogP contribution in [-0.2, 0) is 12.8 Å². The molecule has 0 aliphatic heterocycles. The maximum atomic E-state index is 13.4. The monoisotopic (exact) mass is 304 g/mol. The number of nitrogens with two attached hydrogens (primary N) is 1. The Labute approximate surface area is 129 Å². The molecule has 0 heterocycles. The Balaban J connectivity index is 1.85. The summed E-state index contributed by atoms with van der Waals surface area (Å²) in [6.45, 7) is 0. The molecule has 0 bridgehead atoms. The number of hydrogen-bond donors (Lipinski definition) is 2. The van der Waals surface area contributed by atoms with Gasteiger partial charge in [0.05, 0.1) is 0 Å². The molecule has 0 spiro atoms. The summed E-state index contributed by atoms with van der Waals surface area (Å²) in [7, 11) is 0. The maximum absolute atomic E-state index is 13.4. The first-order chi connectivity index (χ1) is 10.2. The van der Waals surface area contributed by atoms with E-state index in [-0.39, 0.29) is 11.9 Å². The summed E-state index contributed by atoms with van der Waals surface area (Å²) in [6, 6.07) is 13.0. The van der Waals surface area contributed by atoms with E-state index in [1.165, 1.54) is 23.3 Å². The van der Waals surface area contributed by atoms with Crippen LogP contribution >= 0.6 is 11.6 Å². The highest BCUT2D eigenvalue weighted by atomic mass is 35.5. The van der Waals surface area contributed by atoms with E-state index in [9.17, 15) is 4.39 Å². The Morgan fingerprint density at radius 3 is 2.90 bits per heavy atom. The van der Waals surface area contributed by atoms with Crippen molar-refractivity contribution in [2.45, 2.75) is 31.2 Å². The van der Waals surface area contributed by atoms with E-state index in [0.29, 0.717) is 17.4 Å². The lowest BCUT2D eigenvalue weighted by Crippen LogP contribution is -2.41. The van der Waals surface area contributed by atoms with Crippen molar-refractivity contribution >= 4 is 11.6 Å². The van der Waals surface area contributed by atoms with Gasteiger partial charge in [-0.2, -0.15) is 0 Å². The van der Waals surface area contributed by atoms with E-state index in [2.05, 4.69) is 29.7 Å². The first-order valence-electron chi connectivity index (χ1n) is 7.17. The molecule has 2 nitrogen and oxygen atoms in total. The van der Waals surface area contributed by atoms with Crippen LogP contribution in [0, 0.1) is 5.82 Å². The number of nitrogens with one attached hydrogen (secondary N) is 1. The summed E-state index contributed by atoms with van der Waals surface area (Å²) in [4.78, 5) is 0. The molecule has 2 unspecified atom stereocenters. The molecule has 21 heavy (non-hydrogen) atoms. The average Bonchev–Trinajstić information content (AvgIpc) is 2.92. The fourth-order valence-electron chi connectivity index (χ4n) is 3.26. The van der Waals surface area contributed by atoms with Gasteiger partial charge in [-0.25, -0.2) is 4.39 Å². The normalized spacial score (nSPS) is 18.5. The summed E-state index contributed by atoms with van der Waals surface area (Å²) in [5.74, 6) is 5.83. The fraction of sp³-hybridized carbons (Fsp3) is 0.294. The van der Waals surface area contributed by atoms with Crippen LogP contribution in [-0.4, -0.2) is 6.04 Å². The summed E-state index contributed by atoms with van der Waals surface area (Å²) >= 11 is 6.17. The molecule has 110 valence electrons. The SMILES string of the molecule is NNC(Cc1cc(F)ccc1Cl)C1CCc2ccccc21. The van der Waals surface area contributed by atoms with Crippen molar-refractivity contribution in [1.82, 2.24) is 5.43 Å². The molecular weight excluding hydrogens is 287 g/mol. The largest absolute Gasteiger partial charge is 0.271 e. The van der Waals surface area contributed by atoms with E-state index < -0.39 is 0 Å². The average molecular weight is 305 g/mol. The van der Waals surface area contributed by atoms with E-state index in [0.717, 1.165) is 18.4 Å². The van der Waals surface area contributed by atoms with Crippen LogP contribution in [0.5, 0.6) is 0 Å². The highest BCUT2D eigenvalue weighted by molar-refractivity contribution is 6.31. The summed E-state index contributed by atoms with van der Waals surface area (Å²) < 4.78 is 13.4. The zero-order valence-electron chi connectivity index (χ0n) is 11.7. The molecule has 4 heteroatoms. The smallest absolute Gasteiger partial charge is 0.123 e. The Hall–Kier alpha value is -1.42. The van der Waals surface area contributed by atoms with Crippen molar-refractivity contribution in [3.8, 4) is 0 Å².